The Labute approximate surface area is 226 Å². The van der Waals surface area contributed by atoms with Gasteiger partial charge in [0.1, 0.15) is 11.0 Å². The molecule has 0 spiro atoms. The molecule has 2 aliphatic rings. The number of sulfone groups is 1. The number of rotatable bonds is 7. The molecular weight excluding hydrogens is 522 g/mol. The van der Waals surface area contributed by atoms with Crippen LogP contribution in [0.25, 0.3) is 10.9 Å². The van der Waals surface area contributed by atoms with Gasteiger partial charge in [-0.05, 0) is 76.8 Å². The molecule has 11 nitrogen and oxygen atoms in total. The van der Waals surface area contributed by atoms with E-state index in [2.05, 4.69) is 16.4 Å². The van der Waals surface area contributed by atoms with Crippen molar-refractivity contribution in [1.82, 2.24) is 14.8 Å². The van der Waals surface area contributed by atoms with Crippen LogP contribution in [0, 0.1) is 11.3 Å². The highest BCUT2D eigenvalue weighted by molar-refractivity contribution is 7.92. The Kier molecular flexibility index (Phi) is 6.76. The van der Waals surface area contributed by atoms with Crippen LogP contribution in [0.15, 0.2) is 46.2 Å². The van der Waals surface area contributed by atoms with Crippen molar-refractivity contribution in [3.05, 3.63) is 46.9 Å². The number of nitrogens with zero attached hydrogens (tertiary/aromatic N) is 3. The first-order chi connectivity index (χ1) is 18.4. The maximum Gasteiger partial charge on any atom is 0.335 e. The van der Waals surface area contributed by atoms with E-state index in [4.69, 9.17) is 14.6 Å². The van der Waals surface area contributed by atoms with E-state index in [0.29, 0.717) is 42.3 Å². The molecule has 1 aliphatic carbocycles. The molecule has 1 aliphatic heterocycles. The number of hydrogen-bond acceptors (Lipinski definition) is 9. The lowest BCUT2D eigenvalue weighted by atomic mass is 9.87. The maximum absolute atomic E-state index is 12.9. The van der Waals surface area contributed by atoms with Gasteiger partial charge < -0.3 is 19.8 Å². The van der Waals surface area contributed by atoms with Gasteiger partial charge in [-0.2, -0.15) is 10.4 Å². The topological polar surface area (TPSA) is 156 Å². The smallest absolute Gasteiger partial charge is 0.335 e. The van der Waals surface area contributed by atoms with Crippen LogP contribution >= 0.6 is 0 Å². The fraction of sp³-hybridized carbons (Fsp3) is 0.481. The van der Waals surface area contributed by atoms with Gasteiger partial charge in [0.05, 0.1) is 40.3 Å². The van der Waals surface area contributed by atoms with Crippen LogP contribution in [-0.2, 0) is 29.6 Å². The fourth-order valence-electron chi connectivity index (χ4n) is 4.85. The van der Waals surface area contributed by atoms with Gasteiger partial charge in [0.25, 0.3) is 5.56 Å². The Morgan fingerprint density at radius 2 is 1.97 bits per heavy atom. The second kappa shape index (κ2) is 9.81. The number of fused-ring (bicyclic) bond motifs is 1. The molecule has 1 saturated carbocycles. The van der Waals surface area contributed by atoms with Crippen LogP contribution in [0.3, 0.4) is 0 Å². The Morgan fingerprint density at radius 3 is 2.56 bits per heavy atom. The zero-order valence-corrected chi connectivity index (χ0v) is 22.9. The third-order valence-electron chi connectivity index (χ3n) is 6.96. The number of benzene rings is 1. The van der Waals surface area contributed by atoms with Crippen LogP contribution in [0.1, 0.15) is 52.9 Å². The molecule has 0 radical (unpaired) electrons. The average Bonchev–Trinajstić information content (AvgIpc) is 3.67. The van der Waals surface area contributed by atoms with E-state index < -0.39 is 33.1 Å². The summed E-state index contributed by atoms with van der Waals surface area (Å²) in [6.45, 7) is 5.39. The van der Waals surface area contributed by atoms with E-state index >= 15 is 0 Å². The number of esters is 1. The van der Waals surface area contributed by atoms with Crippen LogP contribution in [0.4, 0.5) is 11.5 Å². The lowest BCUT2D eigenvalue weighted by Crippen LogP contribution is -2.47. The first-order valence-corrected chi connectivity index (χ1v) is 14.4. The number of carbonyl (C=O) groups excluding carboxylic acids is 1. The minimum atomic E-state index is -3.32. The monoisotopic (exact) mass is 553 g/mol. The van der Waals surface area contributed by atoms with Gasteiger partial charge in [0, 0.05) is 11.9 Å². The second-order valence-corrected chi connectivity index (χ2v) is 13.4. The van der Waals surface area contributed by atoms with Gasteiger partial charge in [0.2, 0.25) is 0 Å². The summed E-state index contributed by atoms with van der Waals surface area (Å²) in [7, 11) is -3.32. The quantitative estimate of drug-likeness (QED) is 0.418. The lowest BCUT2D eigenvalue weighted by molar-refractivity contribution is -0.176. The molecule has 3 aromatic rings. The molecule has 3 heterocycles. The third kappa shape index (κ3) is 5.29. The largest absolute Gasteiger partial charge is 0.458 e. The zero-order chi connectivity index (χ0) is 28.0. The minimum absolute atomic E-state index is 0.0290. The second-order valence-electron chi connectivity index (χ2n) is 11.2. The van der Waals surface area contributed by atoms with Gasteiger partial charge in [-0.1, -0.05) is 0 Å². The van der Waals surface area contributed by atoms with Crippen LogP contribution in [-0.4, -0.2) is 52.7 Å². The number of nitrogens with one attached hydrogen (secondary N) is 2. The van der Waals surface area contributed by atoms with Gasteiger partial charge in [-0.3, -0.25) is 9.48 Å². The summed E-state index contributed by atoms with van der Waals surface area (Å²) in [5, 5.41) is 17.5. The third-order valence-corrected chi connectivity index (χ3v) is 9.24. The highest BCUT2D eigenvalue weighted by atomic mass is 32.2. The standard InChI is InChI=1S/C27H31N5O6S/c1-26(2,3)38-25(34)21-10-12-27(13-14-28,16-37-21)32-20-11-15-29-24(33)22(20)23(31-32)30-17-4-6-18(7-5-17)39(35,36)19-8-9-19/h4-7,11,15,19,21H,8-10,12-13,16H2,1-3H3,(H,29,33)(H,30,31). The predicted octanol–water partition coefficient (Wildman–Crippen LogP) is 3.53. The molecular formula is C27H31N5O6S. The van der Waals surface area contributed by atoms with E-state index in [-0.39, 0.29) is 34.6 Å². The van der Waals surface area contributed by atoms with Crippen molar-refractivity contribution in [2.24, 2.45) is 0 Å². The number of hydrogen-bond donors (Lipinski definition) is 2. The minimum Gasteiger partial charge on any atom is -0.458 e. The fourth-order valence-corrected chi connectivity index (χ4v) is 6.51. The number of aromatic nitrogens is 3. The van der Waals surface area contributed by atoms with Crippen molar-refractivity contribution < 1.29 is 22.7 Å². The Bertz CT molecular complexity index is 1600. The first kappa shape index (κ1) is 26.9. The van der Waals surface area contributed by atoms with E-state index in [0.717, 1.165) is 0 Å². The summed E-state index contributed by atoms with van der Waals surface area (Å²) >= 11 is 0. The molecule has 0 amide bonds. The van der Waals surface area contributed by atoms with Crippen molar-refractivity contribution in [3.63, 3.8) is 0 Å². The summed E-state index contributed by atoms with van der Waals surface area (Å²) < 4.78 is 38.1. The number of H-pyrrole nitrogens is 1. The van der Waals surface area contributed by atoms with Gasteiger partial charge in [-0.25, -0.2) is 13.2 Å². The number of carbonyl (C=O) groups is 1. The van der Waals surface area contributed by atoms with Gasteiger partial charge in [-0.15, -0.1) is 0 Å². The first-order valence-electron chi connectivity index (χ1n) is 12.9. The van der Waals surface area contributed by atoms with Crippen molar-refractivity contribution in [2.75, 3.05) is 11.9 Å². The molecule has 39 heavy (non-hydrogen) atoms. The van der Waals surface area contributed by atoms with Crippen LogP contribution in [0.2, 0.25) is 0 Å². The highest BCUT2D eigenvalue weighted by Crippen LogP contribution is 2.38. The molecule has 2 aromatic heterocycles. The molecule has 0 bridgehead atoms. The van der Waals surface area contributed by atoms with Crippen LogP contribution in [0.5, 0.6) is 0 Å². The van der Waals surface area contributed by atoms with Crippen molar-refractivity contribution >= 4 is 38.2 Å². The number of pyridine rings is 1. The Balaban J connectivity index is 1.46. The molecule has 206 valence electrons. The van der Waals surface area contributed by atoms with Gasteiger partial charge in [0.15, 0.2) is 21.8 Å². The Morgan fingerprint density at radius 1 is 1.26 bits per heavy atom. The number of aromatic amines is 1. The zero-order valence-electron chi connectivity index (χ0n) is 22.1. The van der Waals surface area contributed by atoms with E-state index in [1.165, 1.54) is 6.20 Å². The maximum atomic E-state index is 12.9. The van der Waals surface area contributed by atoms with E-state index in [1.807, 2.05) is 0 Å². The Hall–Kier alpha value is -3.69. The summed E-state index contributed by atoms with van der Waals surface area (Å²) in [6, 6.07) is 10.3. The molecule has 5 rings (SSSR count). The SMILES string of the molecule is CC(C)(C)OC(=O)C1CCC(CC#N)(n2nc(Nc3ccc(S(=O)(=O)C4CC4)cc3)c3c(=O)[nH]ccc32)CO1. The summed E-state index contributed by atoms with van der Waals surface area (Å²) in [5.74, 6) is -0.194. The normalized spacial score (nSPS) is 21.8. The molecule has 12 heteroatoms. The number of ether oxygens (including phenoxy) is 2. The summed E-state index contributed by atoms with van der Waals surface area (Å²) in [5.41, 5.74) is -0.879. The van der Waals surface area contributed by atoms with E-state index in [1.54, 1.807) is 55.8 Å². The molecule has 2 fully saturated rings. The summed E-state index contributed by atoms with van der Waals surface area (Å²) in [6.07, 6.45) is 2.89. The molecule has 2 atom stereocenters. The lowest BCUT2D eigenvalue weighted by Gasteiger charge is -2.39. The number of nitriles is 1. The number of anilines is 2. The predicted molar refractivity (Wildman–Crippen MR) is 143 cm³/mol. The van der Waals surface area contributed by atoms with Crippen molar-refractivity contribution in [1.29, 1.82) is 5.26 Å². The molecule has 2 unspecified atom stereocenters. The molecule has 1 saturated heterocycles. The van der Waals surface area contributed by atoms with Crippen molar-refractivity contribution in [3.8, 4) is 6.07 Å². The molecule has 2 N–H and O–H groups in total. The van der Waals surface area contributed by atoms with E-state index in [9.17, 15) is 23.3 Å². The van der Waals surface area contributed by atoms with Crippen molar-refractivity contribution in [2.45, 2.75) is 80.3 Å². The average molecular weight is 554 g/mol. The molecule has 1 aromatic carbocycles. The summed E-state index contributed by atoms with van der Waals surface area (Å²) in [4.78, 5) is 28.4. The highest BCUT2D eigenvalue weighted by Gasteiger charge is 2.43. The van der Waals surface area contributed by atoms with Crippen LogP contribution < -0.4 is 10.9 Å². The van der Waals surface area contributed by atoms with Gasteiger partial charge >= 0.3 is 5.97 Å².